The number of nitrogens with zero attached hydrogens (tertiary/aromatic N) is 2. The Morgan fingerprint density at radius 1 is 1.33 bits per heavy atom. The summed E-state index contributed by atoms with van der Waals surface area (Å²) in [5, 5.41) is 10.6. The van der Waals surface area contributed by atoms with Gasteiger partial charge < -0.3 is 10.0 Å². The zero-order valence-electron chi connectivity index (χ0n) is 10.9. The van der Waals surface area contributed by atoms with E-state index in [1.54, 1.807) is 18.3 Å². The van der Waals surface area contributed by atoms with Crippen LogP contribution in [0.1, 0.15) is 30.5 Å². The molecule has 0 spiro atoms. The summed E-state index contributed by atoms with van der Waals surface area (Å²) < 4.78 is 0. The summed E-state index contributed by atoms with van der Waals surface area (Å²) in [7, 11) is 0. The molecule has 18 heavy (non-hydrogen) atoms. The minimum Gasteiger partial charge on any atom is -0.388 e. The fourth-order valence-electron chi connectivity index (χ4n) is 1.93. The van der Waals surface area contributed by atoms with E-state index in [2.05, 4.69) is 28.9 Å². The van der Waals surface area contributed by atoms with E-state index < -0.39 is 6.10 Å². The van der Waals surface area contributed by atoms with Crippen LogP contribution >= 0.6 is 11.3 Å². The number of anilines is 2. The van der Waals surface area contributed by atoms with Gasteiger partial charge in [-0.1, -0.05) is 29.5 Å². The molecule has 96 valence electrons. The number of hydrogen-bond acceptors (Lipinski definition) is 4. The van der Waals surface area contributed by atoms with Crippen molar-refractivity contribution in [3.8, 4) is 0 Å². The number of thiazole rings is 1. The van der Waals surface area contributed by atoms with Crippen LogP contribution in [-0.2, 0) is 0 Å². The summed E-state index contributed by atoms with van der Waals surface area (Å²) in [5.74, 6) is 0. The quantitative estimate of drug-likeness (QED) is 0.913. The molecule has 0 aliphatic carbocycles. The van der Waals surface area contributed by atoms with Gasteiger partial charge in [0, 0.05) is 12.2 Å². The molecule has 0 saturated heterocycles. The molecule has 4 heteroatoms. The van der Waals surface area contributed by atoms with Crippen LogP contribution in [0.3, 0.4) is 0 Å². The molecule has 0 amide bonds. The van der Waals surface area contributed by atoms with Gasteiger partial charge >= 0.3 is 0 Å². The number of benzene rings is 1. The first-order valence-corrected chi connectivity index (χ1v) is 6.93. The molecule has 1 N–H and O–H groups in total. The van der Waals surface area contributed by atoms with Gasteiger partial charge in [0.2, 0.25) is 0 Å². The lowest BCUT2D eigenvalue weighted by Crippen LogP contribution is -2.15. The molecule has 0 aliphatic rings. The van der Waals surface area contributed by atoms with E-state index in [0.29, 0.717) is 0 Å². The van der Waals surface area contributed by atoms with Crippen molar-refractivity contribution in [2.24, 2.45) is 0 Å². The van der Waals surface area contributed by atoms with Crippen molar-refractivity contribution in [2.45, 2.75) is 26.9 Å². The Bertz CT molecular complexity index is 508. The van der Waals surface area contributed by atoms with Crippen molar-refractivity contribution >= 4 is 22.2 Å². The second kappa shape index (κ2) is 5.50. The Balaban J connectivity index is 2.37. The van der Waals surface area contributed by atoms with Gasteiger partial charge in [0.15, 0.2) is 5.13 Å². The number of hydrogen-bond donors (Lipinski definition) is 1. The number of rotatable bonds is 4. The van der Waals surface area contributed by atoms with Crippen LogP contribution in [-0.4, -0.2) is 16.6 Å². The number of para-hydroxylation sites is 1. The average Bonchev–Trinajstić information content (AvgIpc) is 2.74. The van der Waals surface area contributed by atoms with Crippen molar-refractivity contribution in [3.63, 3.8) is 0 Å². The summed E-state index contributed by atoms with van der Waals surface area (Å²) in [6, 6.07) is 10.2. The summed E-state index contributed by atoms with van der Waals surface area (Å²) in [5.41, 5.74) is 2.05. The highest BCUT2D eigenvalue weighted by Crippen LogP contribution is 2.34. The monoisotopic (exact) mass is 262 g/mol. The Labute approximate surface area is 112 Å². The van der Waals surface area contributed by atoms with Gasteiger partial charge in [0.25, 0.3) is 0 Å². The molecule has 0 fully saturated rings. The van der Waals surface area contributed by atoms with Crippen LogP contribution < -0.4 is 4.90 Å². The van der Waals surface area contributed by atoms with Gasteiger partial charge in [0.1, 0.15) is 0 Å². The maximum absolute atomic E-state index is 9.69. The van der Waals surface area contributed by atoms with Gasteiger partial charge in [-0.05, 0) is 32.9 Å². The van der Waals surface area contributed by atoms with Crippen LogP contribution in [0.25, 0.3) is 0 Å². The molecule has 2 aromatic rings. The third kappa shape index (κ3) is 2.54. The van der Waals surface area contributed by atoms with E-state index in [9.17, 15) is 5.11 Å². The lowest BCUT2D eigenvalue weighted by molar-refractivity contribution is 0.202. The van der Waals surface area contributed by atoms with Crippen LogP contribution in [0.4, 0.5) is 10.8 Å². The van der Waals surface area contributed by atoms with Crippen molar-refractivity contribution < 1.29 is 5.11 Å². The van der Waals surface area contributed by atoms with Crippen LogP contribution in [0.5, 0.6) is 0 Å². The van der Waals surface area contributed by atoms with Gasteiger partial charge in [-0.25, -0.2) is 4.98 Å². The standard InChI is InChI=1S/C14H18N2OS/c1-4-16(12-8-6-5-7-9-12)14-15-10(2)13(18-14)11(3)17/h5-9,11,17H,4H2,1-3H3. The molecule has 1 atom stereocenters. The smallest absolute Gasteiger partial charge is 0.190 e. The molecular formula is C14H18N2OS. The highest BCUT2D eigenvalue weighted by molar-refractivity contribution is 7.15. The van der Waals surface area contributed by atoms with Crippen molar-refractivity contribution in [1.29, 1.82) is 0 Å². The third-order valence-corrected chi connectivity index (χ3v) is 4.17. The third-order valence-electron chi connectivity index (χ3n) is 2.82. The normalized spacial score (nSPS) is 12.4. The number of aliphatic hydroxyl groups excluding tert-OH is 1. The van der Waals surface area contributed by atoms with E-state index in [1.165, 1.54) is 0 Å². The molecule has 1 aromatic carbocycles. The fourth-order valence-corrected chi connectivity index (χ4v) is 3.02. The zero-order chi connectivity index (χ0) is 13.1. The predicted octanol–water partition coefficient (Wildman–Crippen LogP) is 3.66. The lowest BCUT2D eigenvalue weighted by atomic mass is 10.3. The molecule has 0 bridgehead atoms. The van der Waals surface area contributed by atoms with Crippen LogP contribution in [0.2, 0.25) is 0 Å². The maximum atomic E-state index is 9.69. The van der Waals surface area contributed by atoms with E-state index >= 15 is 0 Å². The molecule has 0 saturated carbocycles. The minimum atomic E-state index is -0.453. The molecule has 3 nitrogen and oxygen atoms in total. The largest absolute Gasteiger partial charge is 0.388 e. The first-order chi connectivity index (χ1) is 8.63. The first kappa shape index (κ1) is 13.1. The van der Waals surface area contributed by atoms with Crippen molar-refractivity contribution in [2.75, 3.05) is 11.4 Å². The summed E-state index contributed by atoms with van der Waals surface area (Å²) in [4.78, 5) is 7.66. The highest BCUT2D eigenvalue weighted by atomic mass is 32.1. The molecular weight excluding hydrogens is 244 g/mol. The van der Waals surface area contributed by atoms with Crippen LogP contribution in [0, 0.1) is 6.92 Å². The first-order valence-electron chi connectivity index (χ1n) is 6.11. The Morgan fingerprint density at radius 2 is 2.00 bits per heavy atom. The molecule has 1 unspecified atom stereocenters. The molecule has 2 rings (SSSR count). The minimum absolute atomic E-state index is 0.453. The molecule has 1 aromatic heterocycles. The number of aliphatic hydroxyl groups is 1. The van der Waals surface area contributed by atoms with Crippen molar-refractivity contribution in [1.82, 2.24) is 4.98 Å². The Morgan fingerprint density at radius 3 is 2.50 bits per heavy atom. The second-order valence-electron chi connectivity index (χ2n) is 4.20. The predicted molar refractivity (Wildman–Crippen MR) is 76.6 cm³/mol. The van der Waals surface area contributed by atoms with Crippen molar-refractivity contribution in [3.05, 3.63) is 40.9 Å². The van der Waals surface area contributed by atoms with Gasteiger partial charge in [0.05, 0.1) is 16.7 Å². The topological polar surface area (TPSA) is 36.4 Å². The van der Waals surface area contributed by atoms with E-state index in [4.69, 9.17) is 0 Å². The summed E-state index contributed by atoms with van der Waals surface area (Å²) in [6.07, 6.45) is -0.453. The van der Waals surface area contributed by atoms with Gasteiger partial charge in [-0.15, -0.1) is 0 Å². The maximum Gasteiger partial charge on any atom is 0.190 e. The molecule has 1 heterocycles. The second-order valence-corrected chi connectivity index (χ2v) is 5.21. The van der Waals surface area contributed by atoms with E-state index in [-0.39, 0.29) is 0 Å². The van der Waals surface area contributed by atoms with Gasteiger partial charge in [-0.2, -0.15) is 0 Å². The lowest BCUT2D eigenvalue weighted by Gasteiger charge is -2.19. The van der Waals surface area contributed by atoms with E-state index in [0.717, 1.165) is 27.9 Å². The summed E-state index contributed by atoms with van der Waals surface area (Å²) >= 11 is 1.56. The zero-order valence-corrected chi connectivity index (χ0v) is 11.7. The Hall–Kier alpha value is -1.39. The number of aryl methyl sites for hydroxylation is 1. The average molecular weight is 262 g/mol. The SMILES string of the molecule is CCN(c1ccccc1)c1nc(C)c(C(C)O)s1. The molecule has 0 aliphatic heterocycles. The number of aromatic nitrogens is 1. The van der Waals surface area contributed by atoms with E-state index in [1.807, 2.05) is 25.1 Å². The van der Waals surface area contributed by atoms with Crippen LogP contribution in [0.15, 0.2) is 30.3 Å². The Kier molecular flexibility index (Phi) is 3.99. The summed E-state index contributed by atoms with van der Waals surface area (Å²) in [6.45, 7) is 6.69. The molecule has 0 radical (unpaired) electrons. The van der Waals surface area contributed by atoms with Gasteiger partial charge in [-0.3, -0.25) is 0 Å². The fraction of sp³-hybridized carbons (Fsp3) is 0.357. The highest BCUT2D eigenvalue weighted by Gasteiger charge is 2.16.